The van der Waals surface area contributed by atoms with Gasteiger partial charge in [-0.2, -0.15) is 0 Å². The molecule has 0 spiro atoms. The van der Waals surface area contributed by atoms with Gasteiger partial charge in [-0.3, -0.25) is 9.20 Å². The van der Waals surface area contributed by atoms with E-state index in [-0.39, 0.29) is 22.4 Å². The second-order valence-electron chi connectivity index (χ2n) is 7.48. The molecule has 0 unspecified atom stereocenters. The van der Waals surface area contributed by atoms with Crippen molar-refractivity contribution in [2.75, 3.05) is 7.05 Å². The van der Waals surface area contributed by atoms with Gasteiger partial charge in [0.15, 0.2) is 0 Å². The molecule has 2 aromatic heterocycles. The molecule has 27 heavy (non-hydrogen) atoms. The van der Waals surface area contributed by atoms with Gasteiger partial charge >= 0.3 is 0 Å². The fraction of sp³-hybridized carbons (Fsp3) is 0.300. The Kier molecular flexibility index (Phi) is 4.84. The molecule has 1 amide bonds. The van der Waals surface area contributed by atoms with Crippen LogP contribution in [-0.4, -0.2) is 22.3 Å². The maximum atomic E-state index is 15.6. The molecular weight excluding hydrogens is 416 g/mol. The number of hydrogen-bond acceptors (Lipinski definition) is 2. The second kappa shape index (κ2) is 6.71. The van der Waals surface area contributed by atoms with E-state index in [1.165, 1.54) is 7.05 Å². The fourth-order valence-electron chi connectivity index (χ4n) is 3.16. The number of carbonyl (C=O) groups excluding carboxylic acids is 1. The number of aryl methyl sites for hydroxylation is 1. The number of rotatable bonds is 2. The molecule has 142 valence electrons. The van der Waals surface area contributed by atoms with Crippen molar-refractivity contribution in [3.8, 4) is 11.3 Å². The Labute approximate surface area is 164 Å². The zero-order chi connectivity index (χ0) is 20.1. The molecule has 0 radical (unpaired) electrons. The van der Waals surface area contributed by atoms with Gasteiger partial charge in [0, 0.05) is 24.4 Å². The number of nitrogens with one attached hydrogen (secondary N) is 1. The first kappa shape index (κ1) is 19.5. The third-order valence-corrected chi connectivity index (χ3v) is 5.16. The fourth-order valence-corrected chi connectivity index (χ4v) is 3.75. The number of halogens is 3. The van der Waals surface area contributed by atoms with Crippen LogP contribution in [-0.2, 0) is 5.41 Å². The maximum absolute atomic E-state index is 15.6. The van der Waals surface area contributed by atoms with Gasteiger partial charge in [0.1, 0.15) is 27.6 Å². The predicted molar refractivity (Wildman–Crippen MR) is 105 cm³/mol. The number of pyridine rings is 1. The summed E-state index contributed by atoms with van der Waals surface area (Å²) in [5.41, 5.74) is 0.890. The molecule has 1 N–H and O–H groups in total. The highest BCUT2D eigenvalue weighted by Crippen LogP contribution is 2.39. The van der Waals surface area contributed by atoms with E-state index in [1.807, 2.05) is 19.1 Å². The first-order valence-corrected chi connectivity index (χ1v) is 9.24. The maximum Gasteiger partial charge on any atom is 0.251 e. The van der Waals surface area contributed by atoms with Crippen molar-refractivity contribution in [1.29, 1.82) is 0 Å². The third-order valence-electron chi connectivity index (χ3n) is 4.40. The van der Waals surface area contributed by atoms with Gasteiger partial charge in [-0.25, -0.2) is 13.8 Å². The Balaban J connectivity index is 2.38. The number of imidazole rings is 1. The highest BCUT2D eigenvalue weighted by molar-refractivity contribution is 9.10. The highest BCUT2D eigenvalue weighted by atomic mass is 79.9. The molecule has 0 aliphatic heterocycles. The van der Waals surface area contributed by atoms with Crippen molar-refractivity contribution in [3.05, 3.63) is 57.3 Å². The van der Waals surface area contributed by atoms with Gasteiger partial charge in [0.2, 0.25) is 0 Å². The molecule has 2 heterocycles. The minimum absolute atomic E-state index is 0.0144. The monoisotopic (exact) mass is 435 g/mol. The average molecular weight is 436 g/mol. The molecule has 0 saturated heterocycles. The number of carbonyl (C=O) groups is 1. The standard InChI is InChI=1S/C20H20BrF2N3O/c1-10-6-7-26-13(8-10)25-17(18(26)21)14-12(22)9-11(19(27)24-5)15(16(14)23)20(2,3)4/h6-9H,1-5H3,(H,24,27). The van der Waals surface area contributed by atoms with E-state index >= 15 is 4.39 Å². The number of nitrogens with zero attached hydrogens (tertiary/aromatic N) is 2. The molecule has 3 rings (SSSR count). The lowest BCUT2D eigenvalue weighted by Crippen LogP contribution is -2.26. The SMILES string of the molecule is CNC(=O)c1cc(F)c(-c2nc3cc(C)ccn3c2Br)c(F)c1C(C)(C)C. The summed E-state index contributed by atoms with van der Waals surface area (Å²) in [6.45, 7) is 7.25. The molecule has 0 saturated carbocycles. The number of amides is 1. The van der Waals surface area contributed by atoms with Crippen molar-refractivity contribution < 1.29 is 13.6 Å². The zero-order valence-corrected chi connectivity index (χ0v) is 17.3. The van der Waals surface area contributed by atoms with E-state index in [0.29, 0.717) is 10.3 Å². The van der Waals surface area contributed by atoms with E-state index in [0.717, 1.165) is 11.6 Å². The average Bonchev–Trinajstić information content (AvgIpc) is 2.88. The summed E-state index contributed by atoms with van der Waals surface area (Å²) in [4.78, 5) is 16.6. The van der Waals surface area contributed by atoms with Crippen LogP contribution in [0.25, 0.3) is 16.9 Å². The number of hydrogen-bond donors (Lipinski definition) is 1. The molecule has 0 bridgehead atoms. The van der Waals surface area contributed by atoms with Crippen LogP contribution in [0.1, 0.15) is 42.3 Å². The summed E-state index contributed by atoms with van der Waals surface area (Å²) < 4.78 is 32.7. The molecule has 0 aliphatic carbocycles. The van der Waals surface area contributed by atoms with Gasteiger partial charge in [-0.15, -0.1) is 0 Å². The molecule has 7 heteroatoms. The van der Waals surface area contributed by atoms with E-state index < -0.39 is 23.0 Å². The van der Waals surface area contributed by atoms with E-state index in [2.05, 4.69) is 26.2 Å². The van der Waals surface area contributed by atoms with E-state index in [9.17, 15) is 9.18 Å². The van der Waals surface area contributed by atoms with Crippen LogP contribution in [0, 0.1) is 18.6 Å². The summed E-state index contributed by atoms with van der Waals surface area (Å²) in [7, 11) is 1.43. The van der Waals surface area contributed by atoms with E-state index in [1.54, 1.807) is 31.4 Å². The quantitative estimate of drug-likeness (QED) is 0.614. The van der Waals surface area contributed by atoms with Crippen molar-refractivity contribution in [1.82, 2.24) is 14.7 Å². The topological polar surface area (TPSA) is 46.4 Å². The van der Waals surface area contributed by atoms with Gasteiger partial charge in [-0.1, -0.05) is 20.8 Å². The first-order valence-electron chi connectivity index (χ1n) is 8.45. The summed E-state index contributed by atoms with van der Waals surface area (Å²) >= 11 is 3.41. The van der Waals surface area contributed by atoms with Crippen molar-refractivity contribution in [2.45, 2.75) is 33.1 Å². The third kappa shape index (κ3) is 3.25. The van der Waals surface area contributed by atoms with Crippen LogP contribution >= 0.6 is 15.9 Å². The molecule has 1 aromatic carbocycles. The second-order valence-corrected chi connectivity index (χ2v) is 8.23. The number of aromatic nitrogens is 2. The van der Waals surface area contributed by atoms with Crippen LogP contribution in [0.3, 0.4) is 0 Å². The van der Waals surface area contributed by atoms with Gasteiger partial charge < -0.3 is 5.32 Å². The first-order chi connectivity index (χ1) is 12.6. The summed E-state index contributed by atoms with van der Waals surface area (Å²) in [5, 5.41) is 2.45. The lowest BCUT2D eigenvalue weighted by Gasteiger charge is -2.24. The Hall–Kier alpha value is -2.28. The minimum Gasteiger partial charge on any atom is -0.355 e. The highest BCUT2D eigenvalue weighted by Gasteiger charge is 2.31. The van der Waals surface area contributed by atoms with Crippen LogP contribution < -0.4 is 5.32 Å². The summed E-state index contributed by atoms with van der Waals surface area (Å²) in [6, 6.07) is 4.79. The summed E-state index contributed by atoms with van der Waals surface area (Å²) in [5.74, 6) is -2.14. The molecular formula is C20H20BrF2N3O. The van der Waals surface area contributed by atoms with E-state index in [4.69, 9.17) is 0 Å². The smallest absolute Gasteiger partial charge is 0.251 e. The van der Waals surface area contributed by atoms with Crippen molar-refractivity contribution >= 4 is 27.5 Å². The molecule has 4 nitrogen and oxygen atoms in total. The Morgan fingerprint density at radius 3 is 2.52 bits per heavy atom. The Morgan fingerprint density at radius 1 is 1.26 bits per heavy atom. The van der Waals surface area contributed by atoms with Gasteiger partial charge in [0.25, 0.3) is 5.91 Å². The van der Waals surface area contributed by atoms with Crippen LogP contribution in [0.5, 0.6) is 0 Å². The van der Waals surface area contributed by atoms with Gasteiger partial charge in [0.05, 0.1) is 5.56 Å². The normalized spacial score (nSPS) is 11.9. The zero-order valence-electron chi connectivity index (χ0n) is 15.7. The lowest BCUT2D eigenvalue weighted by atomic mass is 9.81. The molecule has 0 fully saturated rings. The van der Waals surface area contributed by atoms with Crippen LogP contribution in [0.15, 0.2) is 29.0 Å². The van der Waals surface area contributed by atoms with Crippen molar-refractivity contribution in [3.63, 3.8) is 0 Å². The summed E-state index contributed by atoms with van der Waals surface area (Å²) in [6.07, 6.45) is 1.78. The largest absolute Gasteiger partial charge is 0.355 e. The van der Waals surface area contributed by atoms with Crippen molar-refractivity contribution in [2.24, 2.45) is 0 Å². The Morgan fingerprint density at radius 2 is 1.93 bits per heavy atom. The molecule has 3 aromatic rings. The molecule has 0 aliphatic rings. The minimum atomic E-state index is -0.833. The molecule has 0 atom stereocenters. The lowest BCUT2D eigenvalue weighted by molar-refractivity contribution is 0.0959. The van der Waals surface area contributed by atoms with Crippen LogP contribution in [0.4, 0.5) is 8.78 Å². The number of fused-ring (bicyclic) bond motifs is 1. The van der Waals surface area contributed by atoms with Gasteiger partial charge in [-0.05, 0) is 52.0 Å². The Bertz CT molecular complexity index is 1070. The van der Waals surface area contributed by atoms with Crippen LogP contribution in [0.2, 0.25) is 0 Å². The number of benzene rings is 1. The predicted octanol–water partition coefficient (Wildman–Crippen LogP) is 5.01.